The molecule has 0 radical (unpaired) electrons. The fraction of sp³-hybridized carbons (Fsp3) is 0.538. The van der Waals surface area contributed by atoms with Gasteiger partial charge in [0.25, 0.3) is 0 Å². The molecule has 2 saturated heterocycles. The topological polar surface area (TPSA) is 117 Å². The lowest BCUT2D eigenvalue weighted by atomic mass is 10.1. The molecule has 2 amide bonds. The molecule has 3 N–H and O–H groups in total. The first kappa shape index (κ1) is 27.7. The summed E-state index contributed by atoms with van der Waals surface area (Å²) in [6, 6.07) is 5.07. The maximum absolute atomic E-state index is 13.6. The number of carbonyl (C=O) groups is 1. The van der Waals surface area contributed by atoms with Crippen molar-refractivity contribution in [3.05, 3.63) is 42.6 Å². The number of nitrogens with two attached hydrogens (primary N) is 1. The largest absolute Gasteiger partial charge is 0.387 e. The molecule has 36 heavy (non-hydrogen) atoms. The van der Waals surface area contributed by atoms with Gasteiger partial charge in [0.1, 0.15) is 11.1 Å². The number of urea groups is 1. The molecule has 2 fully saturated rings. The highest BCUT2D eigenvalue weighted by atomic mass is 32.2. The lowest BCUT2D eigenvalue weighted by molar-refractivity contribution is 0.122. The standard InChI is InChI=1S/C26H39N5O4S/c1-7-19(15-28-24(27)18(2)3)20-12-21(30-8-10-35-11-9-30)14-22(13-20)36(33,34)23-16-31(17-23)25(32)29-26(4,5)6/h7,12-15,18,23H,1,8-11,16-17H2,2-6H3,(H2,27,28)(H,29,32)/b19-15+. The number of hydrogen-bond donors (Lipinski definition) is 2. The number of nitrogens with zero attached hydrogens (tertiary/aromatic N) is 3. The molecule has 0 aliphatic carbocycles. The van der Waals surface area contributed by atoms with Gasteiger partial charge in [-0.2, -0.15) is 0 Å². The summed E-state index contributed by atoms with van der Waals surface area (Å²) in [7, 11) is -3.68. The summed E-state index contributed by atoms with van der Waals surface area (Å²) in [5, 5.41) is 2.22. The van der Waals surface area contributed by atoms with E-state index in [9.17, 15) is 13.2 Å². The number of likely N-dealkylation sites (tertiary alicyclic amines) is 1. The second-order valence-electron chi connectivity index (χ2n) is 10.6. The van der Waals surface area contributed by atoms with Crippen LogP contribution in [0.25, 0.3) is 5.57 Å². The molecule has 3 rings (SSSR count). The zero-order valence-corrected chi connectivity index (χ0v) is 22.8. The Morgan fingerprint density at radius 2 is 1.86 bits per heavy atom. The number of anilines is 1. The van der Waals surface area contributed by atoms with Gasteiger partial charge in [-0.25, -0.2) is 18.2 Å². The van der Waals surface area contributed by atoms with E-state index in [-0.39, 0.29) is 29.9 Å². The van der Waals surface area contributed by atoms with E-state index < -0.39 is 20.6 Å². The van der Waals surface area contributed by atoms with Gasteiger partial charge in [-0.15, -0.1) is 0 Å². The Morgan fingerprint density at radius 1 is 1.22 bits per heavy atom. The number of rotatable bonds is 7. The van der Waals surface area contributed by atoms with Gasteiger partial charge in [0, 0.05) is 49.5 Å². The zero-order valence-electron chi connectivity index (χ0n) is 22.0. The van der Waals surface area contributed by atoms with Crippen LogP contribution < -0.4 is 16.0 Å². The molecule has 2 aliphatic heterocycles. The number of aliphatic imine (C=N–C) groups is 1. The van der Waals surface area contributed by atoms with Crippen LogP contribution in [-0.2, 0) is 14.6 Å². The SMILES string of the molecule is C=C/C(=C\N=C(\N)C(C)C)c1cc(N2CCOCC2)cc(S(=O)(=O)C2CN(C(=O)NC(C)(C)C)C2)c1. The van der Waals surface area contributed by atoms with Crippen molar-refractivity contribution in [2.75, 3.05) is 44.3 Å². The Bertz CT molecular complexity index is 1140. The van der Waals surface area contributed by atoms with E-state index in [1.807, 2.05) is 40.7 Å². The summed E-state index contributed by atoms with van der Waals surface area (Å²) in [6.07, 6.45) is 3.27. The Hall–Kier alpha value is -2.85. The van der Waals surface area contributed by atoms with Crippen molar-refractivity contribution in [2.45, 2.75) is 50.3 Å². The van der Waals surface area contributed by atoms with Crippen LogP contribution >= 0.6 is 0 Å². The van der Waals surface area contributed by atoms with Crippen LogP contribution in [0.15, 0.2) is 46.9 Å². The predicted octanol–water partition coefficient (Wildman–Crippen LogP) is 3.03. The Labute approximate surface area is 215 Å². The number of allylic oxidation sites excluding steroid dienone is 2. The van der Waals surface area contributed by atoms with Gasteiger partial charge in [-0.05, 0) is 50.1 Å². The van der Waals surface area contributed by atoms with Gasteiger partial charge in [-0.1, -0.05) is 26.5 Å². The number of amides is 2. The van der Waals surface area contributed by atoms with Crippen LogP contribution in [0.4, 0.5) is 10.5 Å². The molecule has 0 spiro atoms. The number of benzene rings is 1. The molecule has 0 aromatic heterocycles. The summed E-state index contributed by atoms with van der Waals surface area (Å²) in [5.74, 6) is 0.564. The highest BCUT2D eigenvalue weighted by molar-refractivity contribution is 7.92. The number of amidine groups is 1. The van der Waals surface area contributed by atoms with Crippen molar-refractivity contribution in [1.29, 1.82) is 0 Å². The predicted molar refractivity (Wildman–Crippen MR) is 145 cm³/mol. The third-order valence-electron chi connectivity index (χ3n) is 6.15. The monoisotopic (exact) mass is 517 g/mol. The van der Waals surface area contributed by atoms with Gasteiger partial charge in [0.15, 0.2) is 9.84 Å². The molecule has 0 atom stereocenters. The molecule has 0 unspecified atom stereocenters. The molecular weight excluding hydrogens is 478 g/mol. The molecule has 2 aliphatic rings. The highest BCUT2D eigenvalue weighted by Gasteiger charge is 2.41. The van der Waals surface area contributed by atoms with Crippen LogP contribution in [-0.4, -0.2) is 75.4 Å². The number of nitrogens with one attached hydrogen (secondary N) is 1. The second kappa shape index (κ2) is 11.0. The Morgan fingerprint density at radius 3 is 2.42 bits per heavy atom. The number of sulfone groups is 1. The third kappa shape index (κ3) is 6.67. The lowest BCUT2D eigenvalue weighted by Gasteiger charge is -2.40. The van der Waals surface area contributed by atoms with Gasteiger partial charge < -0.3 is 25.6 Å². The van der Waals surface area contributed by atoms with Crippen molar-refractivity contribution < 1.29 is 17.9 Å². The van der Waals surface area contributed by atoms with E-state index >= 15 is 0 Å². The summed E-state index contributed by atoms with van der Waals surface area (Å²) < 4.78 is 32.7. The minimum atomic E-state index is -3.68. The fourth-order valence-corrected chi connectivity index (χ4v) is 5.56. The molecule has 2 heterocycles. The van der Waals surface area contributed by atoms with Gasteiger partial charge in [0.05, 0.1) is 18.1 Å². The molecule has 0 saturated carbocycles. The average Bonchev–Trinajstić information content (AvgIpc) is 2.77. The van der Waals surface area contributed by atoms with Crippen LogP contribution in [0.2, 0.25) is 0 Å². The van der Waals surface area contributed by atoms with Crippen molar-refractivity contribution in [1.82, 2.24) is 10.2 Å². The molecule has 1 aromatic carbocycles. The summed E-state index contributed by atoms with van der Waals surface area (Å²) in [4.78, 5) is 20.6. The van der Waals surface area contributed by atoms with E-state index in [4.69, 9.17) is 10.5 Å². The zero-order chi connectivity index (χ0) is 26.7. The van der Waals surface area contributed by atoms with Gasteiger partial charge in [0.2, 0.25) is 0 Å². The first-order valence-corrected chi connectivity index (χ1v) is 13.8. The van der Waals surface area contributed by atoms with Gasteiger partial charge in [-0.3, -0.25) is 0 Å². The quantitative estimate of drug-likeness (QED) is 0.326. The van der Waals surface area contributed by atoms with Crippen molar-refractivity contribution in [3.8, 4) is 0 Å². The smallest absolute Gasteiger partial charge is 0.317 e. The first-order valence-electron chi connectivity index (χ1n) is 12.3. The number of hydrogen-bond acceptors (Lipinski definition) is 6. The molecular formula is C26H39N5O4S. The van der Waals surface area contributed by atoms with Crippen molar-refractivity contribution in [2.24, 2.45) is 16.6 Å². The molecule has 1 aromatic rings. The normalized spacial score (nSPS) is 18.3. The number of carbonyl (C=O) groups excluding carboxylic acids is 1. The summed E-state index contributed by atoms with van der Waals surface area (Å²) in [5.41, 5.74) is 7.77. The van der Waals surface area contributed by atoms with E-state index in [0.717, 1.165) is 5.69 Å². The maximum Gasteiger partial charge on any atom is 0.317 e. The van der Waals surface area contributed by atoms with E-state index in [0.29, 0.717) is 43.3 Å². The van der Waals surface area contributed by atoms with E-state index in [1.54, 1.807) is 24.4 Å². The van der Waals surface area contributed by atoms with E-state index in [2.05, 4.69) is 21.8 Å². The van der Waals surface area contributed by atoms with Crippen LogP contribution in [0, 0.1) is 5.92 Å². The maximum atomic E-state index is 13.6. The number of ether oxygens (including phenoxy) is 1. The Balaban J connectivity index is 1.95. The fourth-order valence-electron chi connectivity index (χ4n) is 3.85. The molecule has 0 bridgehead atoms. The van der Waals surface area contributed by atoms with Gasteiger partial charge >= 0.3 is 6.03 Å². The lowest BCUT2D eigenvalue weighted by Crippen LogP contribution is -2.61. The van der Waals surface area contributed by atoms with Crippen LogP contribution in [0.3, 0.4) is 0 Å². The second-order valence-corrected chi connectivity index (χ2v) is 12.8. The molecule has 9 nitrogen and oxygen atoms in total. The van der Waals surface area contributed by atoms with Crippen LogP contribution in [0.1, 0.15) is 40.2 Å². The minimum Gasteiger partial charge on any atom is -0.387 e. The van der Waals surface area contributed by atoms with Crippen molar-refractivity contribution >= 4 is 33.0 Å². The molecule has 198 valence electrons. The first-order chi connectivity index (χ1) is 16.8. The highest BCUT2D eigenvalue weighted by Crippen LogP contribution is 2.32. The summed E-state index contributed by atoms with van der Waals surface area (Å²) >= 11 is 0. The summed E-state index contributed by atoms with van der Waals surface area (Å²) in [6.45, 7) is 16.3. The third-order valence-corrected chi connectivity index (χ3v) is 8.22. The molecule has 10 heteroatoms. The van der Waals surface area contributed by atoms with Crippen LogP contribution in [0.5, 0.6) is 0 Å². The minimum absolute atomic E-state index is 0.0833. The number of morpholine rings is 1. The average molecular weight is 518 g/mol. The van der Waals surface area contributed by atoms with Crippen molar-refractivity contribution in [3.63, 3.8) is 0 Å². The Kier molecular flexibility index (Phi) is 8.51. The van der Waals surface area contributed by atoms with E-state index in [1.165, 1.54) is 4.90 Å².